The molecule has 1 N–H and O–H groups in total. The molecule has 0 bridgehead atoms. The van der Waals surface area contributed by atoms with E-state index in [0.717, 1.165) is 36.8 Å². The van der Waals surface area contributed by atoms with Gasteiger partial charge in [-0.2, -0.15) is 11.8 Å². The van der Waals surface area contributed by atoms with E-state index >= 15 is 0 Å². The van der Waals surface area contributed by atoms with Crippen molar-refractivity contribution >= 4 is 11.8 Å². The van der Waals surface area contributed by atoms with E-state index in [1.807, 2.05) is 0 Å². The van der Waals surface area contributed by atoms with Crippen LogP contribution in [0, 0.1) is 6.92 Å². The predicted molar refractivity (Wildman–Crippen MR) is 59.4 cm³/mol. The molecule has 0 amide bonds. The maximum absolute atomic E-state index is 4.59. The normalized spacial score (nSPS) is 15.3. The topological polar surface area (TPSA) is 37.8 Å². The van der Waals surface area contributed by atoms with Gasteiger partial charge in [0.1, 0.15) is 5.82 Å². The van der Waals surface area contributed by atoms with E-state index < -0.39 is 0 Å². The molecule has 0 fully saturated rings. The minimum absolute atomic E-state index is 0.918. The first kappa shape index (κ1) is 9.93. The molecule has 76 valence electrons. The van der Waals surface area contributed by atoms with E-state index in [9.17, 15) is 0 Å². The average Bonchev–Trinajstić information content (AvgIpc) is 2.18. The van der Waals surface area contributed by atoms with Gasteiger partial charge in [-0.3, -0.25) is 0 Å². The van der Waals surface area contributed by atoms with Gasteiger partial charge < -0.3 is 5.32 Å². The maximum atomic E-state index is 4.59. The fraction of sp³-hybridized carbons (Fsp3) is 0.600. The molecular weight excluding hydrogens is 194 g/mol. The van der Waals surface area contributed by atoms with E-state index in [1.165, 1.54) is 11.3 Å². The third-order valence-corrected chi connectivity index (χ3v) is 3.01. The second-order valence-corrected chi connectivity index (χ2v) is 4.38. The van der Waals surface area contributed by atoms with Crippen LogP contribution in [-0.2, 0) is 18.7 Å². The summed E-state index contributed by atoms with van der Waals surface area (Å²) in [4.78, 5) is 9.10. The quantitative estimate of drug-likeness (QED) is 0.796. The number of fused-ring (bicyclic) bond motifs is 1. The Morgan fingerprint density at radius 2 is 2.29 bits per heavy atom. The molecule has 14 heavy (non-hydrogen) atoms. The molecule has 4 heteroatoms. The third-order valence-electron chi connectivity index (χ3n) is 2.46. The molecule has 0 radical (unpaired) electrons. The summed E-state index contributed by atoms with van der Waals surface area (Å²) in [6.45, 7) is 4.06. The van der Waals surface area contributed by atoms with Gasteiger partial charge in [0.25, 0.3) is 0 Å². The summed E-state index contributed by atoms with van der Waals surface area (Å²) in [5.74, 6) is 1.90. The molecule has 0 aliphatic carbocycles. The summed E-state index contributed by atoms with van der Waals surface area (Å²) in [5.41, 5.74) is 3.70. The molecule has 1 aliphatic rings. The molecule has 1 aromatic heterocycles. The first-order valence-corrected chi connectivity index (χ1v) is 6.25. The van der Waals surface area contributed by atoms with Crippen molar-refractivity contribution in [1.29, 1.82) is 0 Å². The number of aryl methyl sites for hydroxylation is 1. The fourth-order valence-corrected chi connectivity index (χ4v) is 2.16. The molecule has 1 aromatic rings. The minimum atomic E-state index is 0.918. The molecule has 2 heterocycles. The van der Waals surface area contributed by atoms with E-state index in [-0.39, 0.29) is 0 Å². The van der Waals surface area contributed by atoms with Crippen molar-refractivity contribution in [2.45, 2.75) is 25.6 Å². The van der Waals surface area contributed by atoms with Gasteiger partial charge in [0, 0.05) is 30.8 Å². The highest BCUT2D eigenvalue weighted by atomic mass is 32.2. The van der Waals surface area contributed by atoms with Crippen LogP contribution in [0.1, 0.15) is 22.8 Å². The van der Waals surface area contributed by atoms with Gasteiger partial charge >= 0.3 is 0 Å². The van der Waals surface area contributed by atoms with Crippen molar-refractivity contribution in [2.75, 3.05) is 12.8 Å². The summed E-state index contributed by atoms with van der Waals surface area (Å²) in [6.07, 6.45) is 3.12. The van der Waals surface area contributed by atoms with Gasteiger partial charge in [0.05, 0.1) is 11.4 Å². The van der Waals surface area contributed by atoms with Crippen LogP contribution in [0.15, 0.2) is 0 Å². The summed E-state index contributed by atoms with van der Waals surface area (Å²) >= 11 is 1.77. The lowest BCUT2D eigenvalue weighted by Crippen LogP contribution is -2.26. The third kappa shape index (κ3) is 1.91. The van der Waals surface area contributed by atoms with Crippen molar-refractivity contribution in [2.24, 2.45) is 0 Å². The van der Waals surface area contributed by atoms with Gasteiger partial charge in [0.2, 0.25) is 0 Å². The Morgan fingerprint density at radius 3 is 3.07 bits per heavy atom. The van der Waals surface area contributed by atoms with Gasteiger partial charge in [-0.1, -0.05) is 0 Å². The monoisotopic (exact) mass is 209 g/mol. The Balaban J connectivity index is 2.36. The zero-order valence-corrected chi connectivity index (χ0v) is 9.45. The highest BCUT2D eigenvalue weighted by Gasteiger charge is 2.14. The first-order valence-electron chi connectivity index (χ1n) is 4.86. The van der Waals surface area contributed by atoms with E-state index in [2.05, 4.69) is 28.5 Å². The van der Waals surface area contributed by atoms with E-state index in [0.29, 0.717) is 0 Å². The zero-order chi connectivity index (χ0) is 9.97. The summed E-state index contributed by atoms with van der Waals surface area (Å²) in [5, 5.41) is 3.35. The van der Waals surface area contributed by atoms with Crippen LogP contribution in [0.2, 0.25) is 0 Å². The maximum Gasteiger partial charge on any atom is 0.138 e. The van der Waals surface area contributed by atoms with Gasteiger partial charge in [-0.05, 0) is 13.2 Å². The second kappa shape index (κ2) is 4.28. The highest BCUT2D eigenvalue weighted by Crippen LogP contribution is 2.16. The molecule has 0 saturated carbocycles. The van der Waals surface area contributed by atoms with Crippen LogP contribution in [0.25, 0.3) is 0 Å². The van der Waals surface area contributed by atoms with Crippen molar-refractivity contribution in [3.8, 4) is 0 Å². The van der Waals surface area contributed by atoms with Crippen molar-refractivity contribution < 1.29 is 0 Å². The lowest BCUT2D eigenvalue weighted by molar-refractivity contribution is 0.617. The molecule has 0 spiro atoms. The van der Waals surface area contributed by atoms with Gasteiger partial charge in [-0.25, -0.2) is 9.97 Å². The number of rotatable bonds is 2. The predicted octanol–water partition coefficient (Wildman–Crippen LogP) is 1.29. The molecular formula is C10H15N3S. The fourth-order valence-electron chi connectivity index (χ4n) is 1.77. The summed E-state index contributed by atoms with van der Waals surface area (Å²) in [7, 11) is 0. The number of nitrogens with zero attached hydrogens (tertiary/aromatic N) is 2. The summed E-state index contributed by atoms with van der Waals surface area (Å²) < 4.78 is 0. The Kier molecular flexibility index (Phi) is 3.03. The van der Waals surface area contributed by atoms with Crippen LogP contribution in [-0.4, -0.2) is 22.8 Å². The molecule has 3 nitrogen and oxygen atoms in total. The minimum Gasteiger partial charge on any atom is -0.312 e. The molecule has 0 unspecified atom stereocenters. The number of hydrogen-bond donors (Lipinski definition) is 1. The second-order valence-electron chi connectivity index (χ2n) is 3.51. The van der Waals surface area contributed by atoms with Crippen LogP contribution in [0.3, 0.4) is 0 Å². The Morgan fingerprint density at radius 1 is 1.43 bits per heavy atom. The molecule has 0 aromatic carbocycles. The van der Waals surface area contributed by atoms with Gasteiger partial charge in [0.15, 0.2) is 0 Å². The Bertz CT molecular complexity index is 338. The molecule has 0 saturated heterocycles. The van der Waals surface area contributed by atoms with E-state index in [4.69, 9.17) is 0 Å². The Labute approximate surface area is 88.7 Å². The number of thioether (sulfide) groups is 1. The smallest absolute Gasteiger partial charge is 0.138 e. The lowest BCUT2D eigenvalue weighted by atomic mass is 10.1. The number of nitrogens with one attached hydrogen (secondary N) is 1. The molecule has 2 rings (SSSR count). The Hall–Kier alpha value is -0.610. The lowest BCUT2D eigenvalue weighted by Gasteiger charge is -2.18. The summed E-state index contributed by atoms with van der Waals surface area (Å²) in [6, 6.07) is 0. The van der Waals surface area contributed by atoms with Crippen molar-refractivity contribution in [3.05, 3.63) is 22.8 Å². The highest BCUT2D eigenvalue weighted by molar-refractivity contribution is 7.97. The van der Waals surface area contributed by atoms with Crippen molar-refractivity contribution in [1.82, 2.24) is 15.3 Å². The van der Waals surface area contributed by atoms with Crippen LogP contribution >= 0.6 is 11.8 Å². The van der Waals surface area contributed by atoms with Crippen LogP contribution < -0.4 is 5.32 Å². The van der Waals surface area contributed by atoms with Crippen LogP contribution in [0.4, 0.5) is 0 Å². The average molecular weight is 209 g/mol. The number of aromatic nitrogens is 2. The standard InChI is InChI=1S/C10H15N3S/c1-7-8-5-11-4-3-9(8)13-10(12-7)6-14-2/h11H,3-6H2,1-2H3. The first-order chi connectivity index (χ1) is 6.81. The largest absolute Gasteiger partial charge is 0.312 e. The van der Waals surface area contributed by atoms with E-state index in [1.54, 1.807) is 11.8 Å². The molecule has 0 atom stereocenters. The number of hydrogen-bond acceptors (Lipinski definition) is 4. The van der Waals surface area contributed by atoms with Crippen molar-refractivity contribution in [3.63, 3.8) is 0 Å². The molecule has 1 aliphatic heterocycles. The zero-order valence-electron chi connectivity index (χ0n) is 8.63. The SMILES string of the molecule is CSCc1nc(C)c2c(n1)CCNC2. The van der Waals surface area contributed by atoms with Gasteiger partial charge in [-0.15, -0.1) is 0 Å². The van der Waals surface area contributed by atoms with Crippen LogP contribution in [0.5, 0.6) is 0 Å².